The normalized spacial score (nSPS) is 20.2. The van der Waals surface area contributed by atoms with Gasteiger partial charge in [-0.15, -0.1) is 0 Å². The number of carbonyl (C=O) groups excluding carboxylic acids is 2. The van der Waals surface area contributed by atoms with E-state index in [4.69, 9.17) is 4.74 Å². The fraction of sp³-hybridized carbons (Fsp3) is 0.667. The number of Topliss-reactive ketones (excluding diaryl/α,β-unsaturated/α-hetero) is 1. The third-order valence-electron chi connectivity index (χ3n) is 5.38. The van der Waals surface area contributed by atoms with Crippen molar-refractivity contribution in [1.29, 1.82) is 0 Å². The monoisotopic (exact) mass is 387 g/mol. The number of ether oxygens (including phenoxy) is 1. The summed E-state index contributed by atoms with van der Waals surface area (Å²) in [6.07, 6.45) is 13.2. The Hall–Kier alpha value is -1.68. The van der Waals surface area contributed by atoms with Gasteiger partial charge in [0.25, 0.3) is 0 Å². The fourth-order valence-corrected chi connectivity index (χ4v) is 3.64. The van der Waals surface area contributed by atoms with Crippen molar-refractivity contribution in [2.75, 3.05) is 19.8 Å². The van der Waals surface area contributed by atoms with E-state index in [1.807, 2.05) is 23.1 Å². The van der Waals surface area contributed by atoms with Crippen LogP contribution in [0.25, 0.3) is 0 Å². The maximum atomic E-state index is 11.7. The molecule has 0 aromatic heterocycles. The molecule has 1 aromatic rings. The largest absolute Gasteiger partial charge is 0.381 e. The number of amides is 1. The van der Waals surface area contributed by atoms with Crippen molar-refractivity contribution in [3.8, 4) is 0 Å². The van der Waals surface area contributed by atoms with Crippen molar-refractivity contribution in [1.82, 2.24) is 4.90 Å². The molecule has 1 saturated carbocycles. The molecule has 0 radical (unpaired) electrons. The first-order valence-electron chi connectivity index (χ1n) is 11.2. The topological polar surface area (TPSA) is 46.6 Å². The van der Waals surface area contributed by atoms with Gasteiger partial charge in [-0.2, -0.15) is 0 Å². The van der Waals surface area contributed by atoms with Crippen LogP contribution in [0.3, 0.4) is 0 Å². The van der Waals surface area contributed by atoms with E-state index in [-0.39, 0.29) is 0 Å². The number of rotatable bonds is 2. The molecule has 3 fully saturated rings. The standard InChI is InChI=1S/C13H17NO.C7H12O.C4H8O/c15-13-9-5-2-6-10-14(13)11-12-7-3-1-4-8-12;8-7-5-3-1-2-4-6-7;1-2-4-5-3-1/h1,3-4,7-8H,2,5-6,9-11H2;1-6H2;1-4H2. The van der Waals surface area contributed by atoms with Gasteiger partial charge in [0.2, 0.25) is 5.91 Å². The third-order valence-corrected chi connectivity index (χ3v) is 5.38. The molecule has 1 aromatic carbocycles. The van der Waals surface area contributed by atoms with Crippen LogP contribution in [-0.2, 0) is 20.9 Å². The van der Waals surface area contributed by atoms with E-state index in [0.717, 1.165) is 71.2 Å². The maximum absolute atomic E-state index is 11.7. The number of hydrogen-bond donors (Lipinski definition) is 0. The highest BCUT2D eigenvalue weighted by atomic mass is 16.5. The molecule has 0 spiro atoms. The molecule has 4 rings (SSSR count). The van der Waals surface area contributed by atoms with E-state index in [1.54, 1.807) is 0 Å². The summed E-state index contributed by atoms with van der Waals surface area (Å²) < 4.78 is 4.94. The van der Waals surface area contributed by atoms with Gasteiger partial charge in [-0.25, -0.2) is 0 Å². The number of carbonyl (C=O) groups is 2. The maximum Gasteiger partial charge on any atom is 0.222 e. The summed E-state index contributed by atoms with van der Waals surface area (Å²) in [6.45, 7) is 3.70. The molecule has 2 heterocycles. The van der Waals surface area contributed by atoms with Crippen LogP contribution in [0.4, 0.5) is 0 Å². The Bertz CT molecular complexity index is 537. The SMILES string of the molecule is C1CCOC1.O=C1CCCCCC1.O=C1CCCCCN1Cc1ccccc1. The molecule has 0 bridgehead atoms. The van der Waals surface area contributed by atoms with Crippen molar-refractivity contribution in [2.45, 2.75) is 83.6 Å². The lowest BCUT2D eigenvalue weighted by atomic mass is 10.2. The number of likely N-dealkylation sites (tertiary alicyclic amines) is 1. The molecule has 2 aliphatic heterocycles. The first-order chi connectivity index (χ1) is 13.8. The van der Waals surface area contributed by atoms with Crippen LogP contribution in [-0.4, -0.2) is 36.3 Å². The van der Waals surface area contributed by atoms with Crippen LogP contribution >= 0.6 is 0 Å². The first kappa shape index (κ1) is 22.6. The smallest absolute Gasteiger partial charge is 0.222 e. The van der Waals surface area contributed by atoms with Crippen molar-refractivity contribution in [3.05, 3.63) is 35.9 Å². The molecule has 4 nitrogen and oxygen atoms in total. The first-order valence-corrected chi connectivity index (χ1v) is 11.2. The zero-order chi connectivity index (χ0) is 19.9. The predicted molar refractivity (Wildman–Crippen MR) is 113 cm³/mol. The summed E-state index contributed by atoms with van der Waals surface area (Å²) in [5.74, 6) is 0.791. The van der Waals surface area contributed by atoms with Crippen molar-refractivity contribution in [3.63, 3.8) is 0 Å². The lowest BCUT2D eigenvalue weighted by molar-refractivity contribution is -0.131. The third kappa shape index (κ3) is 10.0. The Kier molecular flexibility index (Phi) is 11.6. The molecule has 2 saturated heterocycles. The van der Waals surface area contributed by atoms with Gasteiger partial charge in [0, 0.05) is 45.6 Å². The van der Waals surface area contributed by atoms with E-state index >= 15 is 0 Å². The van der Waals surface area contributed by atoms with Crippen LogP contribution < -0.4 is 0 Å². The minimum Gasteiger partial charge on any atom is -0.381 e. The molecule has 3 aliphatic rings. The summed E-state index contributed by atoms with van der Waals surface area (Å²) in [4.78, 5) is 24.4. The van der Waals surface area contributed by atoms with Crippen LogP contribution in [0.2, 0.25) is 0 Å². The number of benzene rings is 1. The van der Waals surface area contributed by atoms with Crippen LogP contribution in [0.15, 0.2) is 30.3 Å². The lowest BCUT2D eigenvalue weighted by Crippen LogP contribution is -2.29. The molecule has 1 amide bonds. The van der Waals surface area contributed by atoms with Crippen LogP contribution in [0, 0.1) is 0 Å². The molecule has 28 heavy (non-hydrogen) atoms. The van der Waals surface area contributed by atoms with Crippen molar-refractivity contribution >= 4 is 11.7 Å². The van der Waals surface area contributed by atoms with Gasteiger partial charge in [0.1, 0.15) is 5.78 Å². The molecule has 0 N–H and O–H groups in total. The van der Waals surface area contributed by atoms with Crippen LogP contribution in [0.5, 0.6) is 0 Å². The second-order valence-corrected chi connectivity index (χ2v) is 7.88. The molecular weight excluding hydrogens is 350 g/mol. The highest BCUT2D eigenvalue weighted by Crippen LogP contribution is 2.14. The minimum atomic E-state index is 0.316. The van der Waals surface area contributed by atoms with Crippen molar-refractivity contribution in [2.24, 2.45) is 0 Å². The van der Waals surface area contributed by atoms with Gasteiger partial charge >= 0.3 is 0 Å². The molecule has 156 valence electrons. The molecular formula is C24H37NO3. The Morgan fingerprint density at radius 2 is 1.32 bits per heavy atom. The number of hydrogen-bond acceptors (Lipinski definition) is 3. The number of nitrogens with zero attached hydrogens (tertiary/aromatic N) is 1. The van der Waals surface area contributed by atoms with Gasteiger partial charge in [0.05, 0.1) is 0 Å². The van der Waals surface area contributed by atoms with E-state index < -0.39 is 0 Å². The quantitative estimate of drug-likeness (QED) is 0.647. The summed E-state index contributed by atoms with van der Waals surface area (Å²) in [5, 5.41) is 0. The Balaban J connectivity index is 0.000000179. The number of ketones is 1. The van der Waals surface area contributed by atoms with Gasteiger partial charge in [-0.3, -0.25) is 9.59 Å². The summed E-state index contributed by atoms with van der Waals surface area (Å²) in [5.41, 5.74) is 1.23. The zero-order valence-corrected chi connectivity index (χ0v) is 17.4. The minimum absolute atomic E-state index is 0.316. The lowest BCUT2D eigenvalue weighted by Gasteiger charge is -2.20. The van der Waals surface area contributed by atoms with Crippen LogP contribution in [0.1, 0.15) is 82.6 Å². The highest BCUT2D eigenvalue weighted by molar-refractivity contribution is 5.78. The second kappa shape index (κ2) is 14.3. The average Bonchev–Trinajstić information content (AvgIpc) is 3.14. The zero-order valence-electron chi connectivity index (χ0n) is 17.4. The Morgan fingerprint density at radius 3 is 1.93 bits per heavy atom. The molecule has 0 atom stereocenters. The molecule has 4 heteroatoms. The van der Waals surface area contributed by atoms with Gasteiger partial charge in [-0.1, -0.05) is 49.6 Å². The highest BCUT2D eigenvalue weighted by Gasteiger charge is 2.16. The predicted octanol–water partition coefficient (Wildman–Crippen LogP) is 5.30. The van der Waals surface area contributed by atoms with E-state index in [1.165, 1.54) is 37.7 Å². The molecule has 0 unspecified atom stereocenters. The Morgan fingerprint density at radius 1 is 0.714 bits per heavy atom. The second-order valence-electron chi connectivity index (χ2n) is 7.88. The van der Waals surface area contributed by atoms with E-state index in [9.17, 15) is 9.59 Å². The van der Waals surface area contributed by atoms with Gasteiger partial charge in [-0.05, 0) is 44.1 Å². The average molecular weight is 388 g/mol. The molecule has 1 aliphatic carbocycles. The van der Waals surface area contributed by atoms with E-state index in [2.05, 4.69) is 12.1 Å². The van der Waals surface area contributed by atoms with Gasteiger partial charge < -0.3 is 9.64 Å². The summed E-state index contributed by atoms with van der Waals surface area (Å²) >= 11 is 0. The Labute approximate surface area is 170 Å². The summed E-state index contributed by atoms with van der Waals surface area (Å²) in [6, 6.07) is 10.2. The van der Waals surface area contributed by atoms with Crippen molar-refractivity contribution < 1.29 is 14.3 Å². The van der Waals surface area contributed by atoms with Gasteiger partial charge in [0.15, 0.2) is 0 Å². The summed E-state index contributed by atoms with van der Waals surface area (Å²) in [7, 11) is 0. The van der Waals surface area contributed by atoms with E-state index in [0.29, 0.717) is 11.7 Å². The fourth-order valence-electron chi connectivity index (χ4n) is 3.64.